The molecule has 0 radical (unpaired) electrons. The van der Waals surface area contributed by atoms with Gasteiger partial charge in [0.2, 0.25) is 0 Å². The summed E-state index contributed by atoms with van der Waals surface area (Å²) in [4.78, 5) is 2.32. The fourth-order valence-electron chi connectivity index (χ4n) is 2.70. The first-order valence-electron chi connectivity index (χ1n) is 6.84. The number of rotatable bonds is 4. The number of ether oxygens (including phenoxy) is 1. The summed E-state index contributed by atoms with van der Waals surface area (Å²) in [5.74, 6) is 0. The Bertz CT molecular complexity index is 420. The molecule has 1 aromatic carbocycles. The third kappa shape index (κ3) is 3.11. The van der Waals surface area contributed by atoms with Gasteiger partial charge >= 0.3 is 0 Å². The Morgan fingerprint density at radius 3 is 2.68 bits per heavy atom. The summed E-state index contributed by atoms with van der Waals surface area (Å²) in [5, 5.41) is 11.4. The molecular weight excluding hydrogens is 262 g/mol. The highest BCUT2D eigenvalue weighted by Gasteiger charge is 2.38. The van der Waals surface area contributed by atoms with Crippen molar-refractivity contribution in [3.05, 3.63) is 34.9 Å². The molecule has 1 saturated heterocycles. The predicted molar refractivity (Wildman–Crippen MR) is 77.5 cm³/mol. The van der Waals surface area contributed by atoms with Crippen LogP contribution in [0, 0.1) is 0 Å². The molecule has 1 fully saturated rings. The molecule has 1 N–H and O–H groups in total. The molecule has 1 heterocycles. The van der Waals surface area contributed by atoms with E-state index in [-0.39, 0.29) is 5.54 Å². The molecule has 19 heavy (non-hydrogen) atoms. The Hall–Kier alpha value is -0.610. The van der Waals surface area contributed by atoms with Crippen molar-refractivity contribution in [2.45, 2.75) is 31.9 Å². The van der Waals surface area contributed by atoms with Crippen LogP contribution in [0.1, 0.15) is 31.9 Å². The van der Waals surface area contributed by atoms with E-state index in [2.05, 4.69) is 18.7 Å². The van der Waals surface area contributed by atoms with E-state index in [9.17, 15) is 5.11 Å². The molecule has 3 nitrogen and oxygen atoms in total. The van der Waals surface area contributed by atoms with E-state index >= 15 is 0 Å². The largest absolute Gasteiger partial charge is 0.386 e. The normalized spacial score (nSPS) is 21.9. The maximum Gasteiger partial charge on any atom is 0.0971 e. The average molecular weight is 284 g/mol. The van der Waals surface area contributed by atoms with Crippen LogP contribution in [0.2, 0.25) is 5.02 Å². The standard InChI is InChI=1S/C15H22ClNO2/c1-3-15(2,17-7-9-19-10-8-17)14(18)12-5-4-6-13(16)11-12/h4-6,11,14,18H,3,7-10H2,1-2H3. The third-order valence-electron chi connectivity index (χ3n) is 4.20. The number of morpholine rings is 1. The van der Waals surface area contributed by atoms with E-state index in [1.54, 1.807) is 0 Å². The van der Waals surface area contributed by atoms with Crippen molar-refractivity contribution in [3.63, 3.8) is 0 Å². The summed E-state index contributed by atoms with van der Waals surface area (Å²) in [6.07, 6.45) is 0.329. The van der Waals surface area contributed by atoms with E-state index in [0.717, 1.165) is 38.3 Å². The van der Waals surface area contributed by atoms with Gasteiger partial charge in [-0.3, -0.25) is 4.90 Å². The van der Waals surface area contributed by atoms with Gasteiger partial charge in [0.25, 0.3) is 0 Å². The van der Waals surface area contributed by atoms with Crippen molar-refractivity contribution in [2.75, 3.05) is 26.3 Å². The van der Waals surface area contributed by atoms with Gasteiger partial charge in [-0.15, -0.1) is 0 Å². The fraction of sp³-hybridized carbons (Fsp3) is 0.600. The molecule has 0 amide bonds. The maximum atomic E-state index is 10.8. The highest BCUT2D eigenvalue weighted by Crippen LogP contribution is 2.35. The number of aliphatic hydroxyl groups is 1. The number of halogens is 1. The molecule has 1 aliphatic rings. The molecule has 0 saturated carbocycles. The van der Waals surface area contributed by atoms with Crippen LogP contribution in [0.5, 0.6) is 0 Å². The summed E-state index contributed by atoms with van der Waals surface area (Å²) in [7, 11) is 0. The topological polar surface area (TPSA) is 32.7 Å². The van der Waals surface area contributed by atoms with Gasteiger partial charge in [0, 0.05) is 23.7 Å². The molecule has 0 bridgehead atoms. The Morgan fingerprint density at radius 1 is 1.42 bits per heavy atom. The lowest BCUT2D eigenvalue weighted by Crippen LogP contribution is -2.54. The van der Waals surface area contributed by atoms with Crippen molar-refractivity contribution >= 4 is 11.6 Å². The zero-order valence-electron chi connectivity index (χ0n) is 11.6. The first-order chi connectivity index (χ1) is 9.08. The van der Waals surface area contributed by atoms with Crippen LogP contribution >= 0.6 is 11.6 Å². The van der Waals surface area contributed by atoms with E-state index in [1.807, 2.05) is 24.3 Å². The zero-order valence-corrected chi connectivity index (χ0v) is 12.4. The molecule has 106 valence electrons. The minimum Gasteiger partial charge on any atom is -0.386 e. The quantitative estimate of drug-likeness (QED) is 0.922. The summed E-state index contributed by atoms with van der Waals surface area (Å²) in [6, 6.07) is 7.50. The lowest BCUT2D eigenvalue weighted by atomic mass is 9.85. The third-order valence-corrected chi connectivity index (χ3v) is 4.44. The van der Waals surface area contributed by atoms with Gasteiger partial charge in [0.05, 0.1) is 19.3 Å². The van der Waals surface area contributed by atoms with Crippen LogP contribution in [0.4, 0.5) is 0 Å². The molecule has 0 aliphatic carbocycles. The van der Waals surface area contributed by atoms with Gasteiger partial charge in [-0.1, -0.05) is 30.7 Å². The molecule has 2 rings (SSSR count). The predicted octanol–water partition coefficient (Wildman–Crippen LogP) is 2.87. The first-order valence-corrected chi connectivity index (χ1v) is 7.22. The van der Waals surface area contributed by atoms with Gasteiger partial charge < -0.3 is 9.84 Å². The number of aliphatic hydroxyl groups excluding tert-OH is 1. The van der Waals surface area contributed by atoms with Crippen LogP contribution in [0.3, 0.4) is 0 Å². The van der Waals surface area contributed by atoms with Crippen LogP contribution in [0.15, 0.2) is 24.3 Å². The van der Waals surface area contributed by atoms with Crippen LogP contribution in [0.25, 0.3) is 0 Å². The Morgan fingerprint density at radius 2 is 2.11 bits per heavy atom. The lowest BCUT2D eigenvalue weighted by molar-refractivity contribution is -0.0734. The second-order valence-electron chi connectivity index (χ2n) is 5.27. The van der Waals surface area contributed by atoms with Crippen molar-refractivity contribution in [1.82, 2.24) is 4.90 Å². The average Bonchev–Trinajstić information content (AvgIpc) is 2.46. The summed E-state index contributed by atoms with van der Waals surface area (Å²) in [6.45, 7) is 7.42. The van der Waals surface area contributed by atoms with E-state index in [4.69, 9.17) is 16.3 Å². The summed E-state index contributed by atoms with van der Waals surface area (Å²) in [5.41, 5.74) is 0.595. The molecule has 2 atom stereocenters. The molecular formula is C15H22ClNO2. The molecule has 0 spiro atoms. The molecule has 1 aromatic rings. The van der Waals surface area contributed by atoms with Crippen LogP contribution in [-0.4, -0.2) is 41.8 Å². The van der Waals surface area contributed by atoms with Gasteiger partial charge in [-0.25, -0.2) is 0 Å². The van der Waals surface area contributed by atoms with Crippen LogP contribution < -0.4 is 0 Å². The van der Waals surface area contributed by atoms with Gasteiger partial charge in [-0.2, -0.15) is 0 Å². The summed E-state index contributed by atoms with van der Waals surface area (Å²) >= 11 is 6.02. The monoisotopic (exact) mass is 283 g/mol. The molecule has 4 heteroatoms. The SMILES string of the molecule is CCC(C)(C(O)c1cccc(Cl)c1)N1CCOCC1. The minimum absolute atomic E-state index is 0.283. The maximum absolute atomic E-state index is 10.8. The number of hydrogen-bond donors (Lipinski definition) is 1. The second kappa shape index (κ2) is 6.23. The Labute approximate surface area is 120 Å². The smallest absolute Gasteiger partial charge is 0.0971 e. The number of benzene rings is 1. The second-order valence-corrected chi connectivity index (χ2v) is 5.70. The minimum atomic E-state index is -0.547. The van der Waals surface area contributed by atoms with Crippen molar-refractivity contribution < 1.29 is 9.84 Å². The number of hydrogen-bond acceptors (Lipinski definition) is 3. The number of nitrogens with zero attached hydrogens (tertiary/aromatic N) is 1. The van der Waals surface area contributed by atoms with Gasteiger partial charge in [0.1, 0.15) is 0 Å². The zero-order chi connectivity index (χ0) is 13.9. The highest BCUT2D eigenvalue weighted by molar-refractivity contribution is 6.30. The van der Waals surface area contributed by atoms with Crippen molar-refractivity contribution in [3.8, 4) is 0 Å². The van der Waals surface area contributed by atoms with Crippen molar-refractivity contribution in [1.29, 1.82) is 0 Å². The summed E-state index contributed by atoms with van der Waals surface area (Å²) < 4.78 is 5.40. The molecule has 2 unspecified atom stereocenters. The Balaban J connectivity index is 2.24. The lowest BCUT2D eigenvalue weighted by Gasteiger charge is -2.46. The fourth-order valence-corrected chi connectivity index (χ4v) is 2.90. The van der Waals surface area contributed by atoms with E-state index < -0.39 is 6.10 Å². The molecule has 1 aliphatic heterocycles. The van der Waals surface area contributed by atoms with Gasteiger partial charge in [-0.05, 0) is 31.0 Å². The van der Waals surface area contributed by atoms with E-state index in [1.165, 1.54) is 0 Å². The highest BCUT2D eigenvalue weighted by atomic mass is 35.5. The molecule has 0 aromatic heterocycles. The van der Waals surface area contributed by atoms with Crippen LogP contribution in [-0.2, 0) is 4.74 Å². The Kier molecular flexibility index (Phi) is 4.85. The van der Waals surface area contributed by atoms with Crippen molar-refractivity contribution in [2.24, 2.45) is 0 Å². The van der Waals surface area contributed by atoms with E-state index in [0.29, 0.717) is 5.02 Å². The van der Waals surface area contributed by atoms with Gasteiger partial charge in [0.15, 0.2) is 0 Å². The first kappa shape index (κ1) is 14.8.